The number of aryl methyl sites for hydroxylation is 4. The topological polar surface area (TPSA) is 89.3 Å². The Morgan fingerprint density at radius 1 is 1.31 bits per heavy atom. The van der Waals surface area contributed by atoms with Gasteiger partial charge in [-0.15, -0.1) is 11.3 Å². The molecular formula is C22H24ClN5O3S. The summed E-state index contributed by atoms with van der Waals surface area (Å²) in [5.41, 5.74) is 3.34. The molecule has 3 aromatic rings. The van der Waals surface area contributed by atoms with Crippen LogP contribution in [0.25, 0.3) is 10.4 Å². The van der Waals surface area contributed by atoms with Gasteiger partial charge in [0, 0.05) is 13.6 Å². The number of nitrogens with zero attached hydrogens (tertiary/aromatic N) is 4. The highest BCUT2D eigenvalue weighted by molar-refractivity contribution is 7.15. The van der Waals surface area contributed by atoms with Gasteiger partial charge in [-0.05, 0) is 26.3 Å². The van der Waals surface area contributed by atoms with E-state index < -0.39 is 6.23 Å². The van der Waals surface area contributed by atoms with Gasteiger partial charge in [0.1, 0.15) is 17.1 Å². The lowest BCUT2D eigenvalue weighted by atomic mass is 10.1. The van der Waals surface area contributed by atoms with Gasteiger partial charge in [-0.1, -0.05) is 41.4 Å². The number of rotatable bonds is 5. The maximum atomic E-state index is 13.4. The molecule has 3 heterocycles. The monoisotopic (exact) mass is 473 g/mol. The Balaban J connectivity index is 1.52. The van der Waals surface area contributed by atoms with Crippen LogP contribution in [-0.2, 0) is 11.8 Å². The van der Waals surface area contributed by atoms with Gasteiger partial charge in [0.25, 0.3) is 11.8 Å². The van der Waals surface area contributed by atoms with Crippen LogP contribution in [0.15, 0.2) is 24.3 Å². The number of hydrogen-bond acceptors (Lipinski definition) is 6. The molecule has 2 aromatic heterocycles. The Morgan fingerprint density at radius 2 is 2.09 bits per heavy atom. The zero-order valence-corrected chi connectivity index (χ0v) is 19.9. The van der Waals surface area contributed by atoms with Gasteiger partial charge in [0.05, 0.1) is 34.3 Å². The first kappa shape index (κ1) is 22.4. The van der Waals surface area contributed by atoms with E-state index in [1.807, 2.05) is 38.1 Å². The fraction of sp³-hybridized carbons (Fsp3) is 0.364. The summed E-state index contributed by atoms with van der Waals surface area (Å²) < 4.78 is 7.19. The van der Waals surface area contributed by atoms with E-state index in [0.29, 0.717) is 30.1 Å². The molecule has 1 fully saturated rings. The molecular weight excluding hydrogens is 450 g/mol. The molecule has 0 spiro atoms. The summed E-state index contributed by atoms with van der Waals surface area (Å²) in [6, 6.07) is 8.01. The Hall–Kier alpha value is -2.75. The van der Waals surface area contributed by atoms with Crippen molar-refractivity contribution in [3.8, 4) is 10.4 Å². The average molecular weight is 474 g/mol. The van der Waals surface area contributed by atoms with Crippen molar-refractivity contribution in [3.05, 3.63) is 56.9 Å². The first-order valence-corrected chi connectivity index (χ1v) is 11.4. The van der Waals surface area contributed by atoms with Crippen LogP contribution in [0.4, 0.5) is 0 Å². The van der Waals surface area contributed by atoms with Gasteiger partial charge in [-0.3, -0.25) is 14.3 Å². The molecule has 168 valence electrons. The molecule has 0 aliphatic carbocycles. The first-order valence-electron chi connectivity index (χ1n) is 10.2. The molecule has 4 rings (SSSR count). The molecule has 1 N–H and O–H groups in total. The third-order valence-corrected chi connectivity index (χ3v) is 6.74. The Labute approximate surface area is 195 Å². The van der Waals surface area contributed by atoms with Crippen molar-refractivity contribution in [1.29, 1.82) is 0 Å². The predicted octanol–water partition coefficient (Wildman–Crippen LogP) is 3.35. The first-order chi connectivity index (χ1) is 15.3. The third kappa shape index (κ3) is 4.28. The highest BCUT2D eigenvalue weighted by Crippen LogP contribution is 2.32. The zero-order valence-electron chi connectivity index (χ0n) is 18.3. The second-order valence-electron chi connectivity index (χ2n) is 7.69. The maximum absolute atomic E-state index is 13.4. The number of ether oxygens (including phenoxy) is 1. The SMILES string of the molecule is Cc1cccc(-c2sc(C)nc2C(=O)N2CCOC2CNC(=O)c2c(C)nn(C)c2Cl)c1. The molecule has 0 saturated carbocycles. The molecule has 0 radical (unpaired) electrons. The van der Waals surface area contributed by atoms with Gasteiger partial charge in [-0.2, -0.15) is 5.10 Å². The normalized spacial score (nSPS) is 15.9. The van der Waals surface area contributed by atoms with Crippen LogP contribution in [0, 0.1) is 20.8 Å². The number of hydrogen-bond donors (Lipinski definition) is 1. The van der Waals surface area contributed by atoms with Gasteiger partial charge < -0.3 is 15.0 Å². The highest BCUT2D eigenvalue weighted by Gasteiger charge is 2.34. The van der Waals surface area contributed by atoms with Crippen LogP contribution in [0.1, 0.15) is 37.1 Å². The molecule has 1 atom stereocenters. The van der Waals surface area contributed by atoms with E-state index >= 15 is 0 Å². The number of amides is 2. The van der Waals surface area contributed by atoms with E-state index in [0.717, 1.165) is 21.0 Å². The maximum Gasteiger partial charge on any atom is 0.276 e. The molecule has 2 amide bonds. The van der Waals surface area contributed by atoms with Crippen molar-refractivity contribution < 1.29 is 14.3 Å². The second kappa shape index (κ2) is 9.01. The van der Waals surface area contributed by atoms with Gasteiger partial charge in [-0.25, -0.2) is 4.98 Å². The molecule has 10 heteroatoms. The summed E-state index contributed by atoms with van der Waals surface area (Å²) in [5.74, 6) is -0.563. The Kier molecular flexibility index (Phi) is 6.32. The minimum absolute atomic E-state index is 0.137. The van der Waals surface area contributed by atoms with E-state index in [9.17, 15) is 9.59 Å². The standard InChI is InChI=1S/C22H24ClN5O3S/c1-12-6-5-7-15(10-12)19-18(25-14(3)32-19)22(30)28-8-9-31-16(28)11-24-21(29)17-13(2)26-27(4)20(17)23/h5-7,10,16H,8-9,11H2,1-4H3,(H,24,29). The van der Waals surface area contributed by atoms with Crippen LogP contribution in [-0.4, -0.2) is 57.4 Å². The predicted molar refractivity (Wildman–Crippen MR) is 123 cm³/mol. The molecule has 32 heavy (non-hydrogen) atoms. The highest BCUT2D eigenvalue weighted by atomic mass is 35.5. The third-order valence-electron chi connectivity index (χ3n) is 5.28. The van der Waals surface area contributed by atoms with Crippen molar-refractivity contribution in [3.63, 3.8) is 0 Å². The van der Waals surface area contributed by atoms with Crippen LogP contribution >= 0.6 is 22.9 Å². The Bertz CT molecular complexity index is 1190. The number of halogens is 1. The fourth-order valence-corrected chi connectivity index (χ4v) is 4.94. The van der Waals surface area contributed by atoms with Crippen LogP contribution in [0.5, 0.6) is 0 Å². The quantitative estimate of drug-likeness (QED) is 0.613. The lowest BCUT2D eigenvalue weighted by Crippen LogP contribution is -2.44. The van der Waals surface area contributed by atoms with Gasteiger partial charge >= 0.3 is 0 Å². The summed E-state index contributed by atoms with van der Waals surface area (Å²) in [6.07, 6.45) is -0.588. The summed E-state index contributed by atoms with van der Waals surface area (Å²) in [5, 5.41) is 8.06. The smallest absolute Gasteiger partial charge is 0.276 e. The summed E-state index contributed by atoms with van der Waals surface area (Å²) >= 11 is 7.68. The molecule has 1 aliphatic rings. The molecule has 0 bridgehead atoms. The van der Waals surface area contributed by atoms with Crippen LogP contribution in [0.3, 0.4) is 0 Å². The molecule has 8 nitrogen and oxygen atoms in total. The zero-order chi connectivity index (χ0) is 23.0. The van der Waals surface area contributed by atoms with Crippen LogP contribution < -0.4 is 5.32 Å². The van der Waals surface area contributed by atoms with E-state index in [1.165, 1.54) is 16.0 Å². The fourth-order valence-electron chi connectivity index (χ4n) is 3.77. The van der Waals surface area contributed by atoms with E-state index in [-0.39, 0.29) is 23.5 Å². The van der Waals surface area contributed by atoms with E-state index in [2.05, 4.69) is 15.4 Å². The van der Waals surface area contributed by atoms with E-state index in [1.54, 1.807) is 18.9 Å². The number of aromatic nitrogens is 3. The molecule has 1 saturated heterocycles. The lowest BCUT2D eigenvalue weighted by molar-refractivity contribution is 0.0276. The lowest BCUT2D eigenvalue weighted by Gasteiger charge is -2.23. The summed E-state index contributed by atoms with van der Waals surface area (Å²) in [7, 11) is 1.67. The number of benzene rings is 1. The Morgan fingerprint density at radius 3 is 2.78 bits per heavy atom. The van der Waals surface area contributed by atoms with Crippen molar-refractivity contribution >= 4 is 34.8 Å². The van der Waals surface area contributed by atoms with E-state index in [4.69, 9.17) is 16.3 Å². The molecule has 1 aliphatic heterocycles. The summed E-state index contributed by atoms with van der Waals surface area (Å²) in [4.78, 5) is 33.1. The van der Waals surface area contributed by atoms with Crippen molar-refractivity contribution in [2.75, 3.05) is 19.7 Å². The minimum Gasteiger partial charge on any atom is -0.355 e. The van der Waals surface area contributed by atoms with Crippen LogP contribution in [0.2, 0.25) is 5.15 Å². The number of carbonyl (C=O) groups excluding carboxylic acids is 2. The van der Waals surface area contributed by atoms with Gasteiger partial charge in [0.2, 0.25) is 0 Å². The molecule has 1 aromatic carbocycles. The largest absolute Gasteiger partial charge is 0.355 e. The molecule has 1 unspecified atom stereocenters. The number of nitrogens with one attached hydrogen (secondary N) is 1. The number of carbonyl (C=O) groups is 2. The van der Waals surface area contributed by atoms with Crippen molar-refractivity contribution in [1.82, 2.24) is 25.0 Å². The van der Waals surface area contributed by atoms with Gasteiger partial charge in [0.15, 0.2) is 0 Å². The van der Waals surface area contributed by atoms with Crippen molar-refractivity contribution in [2.24, 2.45) is 7.05 Å². The number of thiazole rings is 1. The van der Waals surface area contributed by atoms with Crippen molar-refractivity contribution in [2.45, 2.75) is 27.0 Å². The second-order valence-corrected chi connectivity index (χ2v) is 9.25. The minimum atomic E-state index is -0.588. The average Bonchev–Trinajstić information content (AvgIpc) is 3.44. The summed E-state index contributed by atoms with van der Waals surface area (Å²) in [6.45, 7) is 6.58.